The Hall–Kier alpha value is -1.63. The summed E-state index contributed by atoms with van der Waals surface area (Å²) in [6.45, 7) is 1.87. The highest BCUT2D eigenvalue weighted by Crippen LogP contribution is 2.12. The van der Waals surface area contributed by atoms with Crippen molar-refractivity contribution < 1.29 is 9.53 Å². The molecule has 0 bridgehead atoms. The molecule has 0 radical (unpaired) electrons. The highest BCUT2D eigenvalue weighted by Gasteiger charge is 2.05. The van der Waals surface area contributed by atoms with Crippen molar-refractivity contribution in [3.05, 3.63) is 51.7 Å². The highest BCUT2D eigenvalue weighted by molar-refractivity contribution is 14.1. The zero-order chi connectivity index (χ0) is 13.7. The van der Waals surface area contributed by atoms with Crippen LogP contribution in [0.1, 0.15) is 5.69 Å². The highest BCUT2D eigenvalue weighted by atomic mass is 127. The zero-order valence-corrected chi connectivity index (χ0v) is 12.5. The molecule has 0 aliphatic rings. The molecule has 1 N–H and O–H groups in total. The number of nitrogens with one attached hydrogen (secondary N) is 1. The monoisotopic (exact) mass is 368 g/mol. The van der Waals surface area contributed by atoms with Gasteiger partial charge in [-0.1, -0.05) is 18.2 Å². The van der Waals surface area contributed by atoms with Crippen LogP contribution < -0.4 is 10.1 Å². The van der Waals surface area contributed by atoms with Gasteiger partial charge in [-0.2, -0.15) is 0 Å². The van der Waals surface area contributed by atoms with E-state index in [1.807, 2.05) is 31.2 Å². The summed E-state index contributed by atoms with van der Waals surface area (Å²) < 4.78 is 6.42. The molecule has 0 saturated carbocycles. The Morgan fingerprint density at radius 1 is 1.26 bits per heavy atom. The van der Waals surface area contributed by atoms with Crippen molar-refractivity contribution in [2.75, 3.05) is 11.9 Å². The van der Waals surface area contributed by atoms with Gasteiger partial charge in [-0.15, -0.1) is 0 Å². The largest absolute Gasteiger partial charge is 0.484 e. The molecule has 0 saturated heterocycles. The minimum absolute atomic E-state index is 0.0310. The standard InChI is InChI=1S/C14H13IN2O2/c1-10-12(15)7-8-13(16-10)17-14(18)9-19-11-5-3-2-4-6-11/h2-8H,9H2,1H3,(H,16,17,18). The quantitative estimate of drug-likeness (QED) is 0.845. The summed E-state index contributed by atoms with van der Waals surface area (Å²) in [6, 6.07) is 12.9. The number of hydrogen-bond donors (Lipinski definition) is 1. The minimum Gasteiger partial charge on any atom is -0.484 e. The van der Waals surface area contributed by atoms with E-state index >= 15 is 0 Å². The van der Waals surface area contributed by atoms with E-state index in [0.29, 0.717) is 11.6 Å². The lowest BCUT2D eigenvalue weighted by Crippen LogP contribution is -2.20. The second-order valence-electron chi connectivity index (χ2n) is 3.91. The molecule has 19 heavy (non-hydrogen) atoms. The maximum Gasteiger partial charge on any atom is 0.263 e. The number of aryl methyl sites for hydroxylation is 1. The Morgan fingerprint density at radius 2 is 2.00 bits per heavy atom. The predicted octanol–water partition coefficient (Wildman–Crippen LogP) is 3.01. The Labute approximate surface area is 125 Å². The van der Waals surface area contributed by atoms with Crippen LogP contribution in [0, 0.1) is 10.5 Å². The molecule has 4 nitrogen and oxygen atoms in total. The number of halogens is 1. The molecule has 5 heteroatoms. The number of pyridine rings is 1. The second-order valence-corrected chi connectivity index (χ2v) is 5.08. The smallest absolute Gasteiger partial charge is 0.263 e. The van der Waals surface area contributed by atoms with Crippen molar-refractivity contribution in [1.82, 2.24) is 4.98 Å². The molecule has 0 unspecified atom stereocenters. The summed E-state index contributed by atoms with van der Waals surface area (Å²) in [6.07, 6.45) is 0. The molecule has 0 aliphatic carbocycles. The fourth-order valence-corrected chi connectivity index (χ4v) is 1.76. The molecule has 0 fully saturated rings. The van der Waals surface area contributed by atoms with Crippen molar-refractivity contribution in [3.63, 3.8) is 0 Å². The summed E-state index contributed by atoms with van der Waals surface area (Å²) in [5.74, 6) is 0.987. The van der Waals surface area contributed by atoms with Crippen LogP contribution in [0.25, 0.3) is 0 Å². The topological polar surface area (TPSA) is 51.2 Å². The number of ether oxygens (including phenoxy) is 1. The van der Waals surface area contributed by atoms with E-state index in [2.05, 4.69) is 32.9 Å². The van der Waals surface area contributed by atoms with E-state index < -0.39 is 0 Å². The number of para-hydroxylation sites is 1. The molecule has 2 aromatic rings. The van der Waals surface area contributed by atoms with Crippen LogP contribution in [-0.2, 0) is 4.79 Å². The van der Waals surface area contributed by atoms with Gasteiger partial charge in [-0.05, 0) is 53.8 Å². The number of rotatable bonds is 4. The summed E-state index contributed by atoms with van der Waals surface area (Å²) in [7, 11) is 0. The summed E-state index contributed by atoms with van der Waals surface area (Å²) in [5, 5.41) is 2.70. The van der Waals surface area contributed by atoms with Gasteiger partial charge in [0.25, 0.3) is 5.91 Å². The minimum atomic E-state index is -0.225. The van der Waals surface area contributed by atoms with Gasteiger partial charge in [0.05, 0.1) is 5.69 Å². The van der Waals surface area contributed by atoms with Gasteiger partial charge in [0.1, 0.15) is 11.6 Å². The number of carbonyl (C=O) groups excluding carboxylic acids is 1. The average molecular weight is 368 g/mol. The lowest BCUT2D eigenvalue weighted by Gasteiger charge is -2.07. The lowest BCUT2D eigenvalue weighted by molar-refractivity contribution is -0.118. The van der Waals surface area contributed by atoms with Crippen molar-refractivity contribution >= 4 is 34.3 Å². The molecular weight excluding hydrogens is 355 g/mol. The predicted molar refractivity (Wildman–Crippen MR) is 82.3 cm³/mol. The van der Waals surface area contributed by atoms with Crippen molar-refractivity contribution in [3.8, 4) is 5.75 Å². The molecule has 0 aliphatic heterocycles. The Kier molecular flexibility index (Phi) is 4.73. The molecule has 0 atom stereocenters. The summed E-state index contributed by atoms with van der Waals surface area (Å²) in [5.41, 5.74) is 0.891. The van der Waals surface area contributed by atoms with Gasteiger partial charge in [-0.3, -0.25) is 4.79 Å². The second kappa shape index (κ2) is 6.51. The zero-order valence-electron chi connectivity index (χ0n) is 10.4. The maximum atomic E-state index is 11.7. The van der Waals surface area contributed by atoms with E-state index in [9.17, 15) is 4.79 Å². The number of amides is 1. The van der Waals surface area contributed by atoms with Gasteiger partial charge in [-0.25, -0.2) is 4.98 Å². The van der Waals surface area contributed by atoms with Gasteiger partial charge in [0.15, 0.2) is 6.61 Å². The summed E-state index contributed by atoms with van der Waals surface area (Å²) >= 11 is 2.20. The van der Waals surface area contributed by atoms with Crippen molar-refractivity contribution in [2.24, 2.45) is 0 Å². The molecule has 98 valence electrons. The number of aromatic nitrogens is 1. The van der Waals surface area contributed by atoms with Crippen LogP contribution >= 0.6 is 22.6 Å². The normalized spacial score (nSPS) is 10.0. The molecule has 1 amide bonds. The van der Waals surface area contributed by atoms with E-state index in [-0.39, 0.29) is 12.5 Å². The van der Waals surface area contributed by atoms with Crippen molar-refractivity contribution in [1.29, 1.82) is 0 Å². The molecule has 1 heterocycles. The molecule has 2 rings (SSSR count). The molecule has 1 aromatic heterocycles. The first kappa shape index (κ1) is 13.8. The van der Waals surface area contributed by atoms with E-state index in [4.69, 9.17) is 4.74 Å². The van der Waals surface area contributed by atoms with Gasteiger partial charge >= 0.3 is 0 Å². The molecular formula is C14H13IN2O2. The van der Waals surface area contributed by atoms with E-state index in [1.54, 1.807) is 18.2 Å². The average Bonchev–Trinajstić information content (AvgIpc) is 2.42. The molecule has 1 aromatic carbocycles. The molecule has 0 spiro atoms. The van der Waals surface area contributed by atoms with Crippen LogP contribution in [0.15, 0.2) is 42.5 Å². The van der Waals surface area contributed by atoms with E-state index in [1.165, 1.54) is 0 Å². The van der Waals surface area contributed by atoms with Crippen LogP contribution in [0.2, 0.25) is 0 Å². The van der Waals surface area contributed by atoms with Gasteiger partial charge < -0.3 is 10.1 Å². The Bertz CT molecular complexity index is 573. The SMILES string of the molecule is Cc1nc(NC(=O)COc2ccccc2)ccc1I. The number of anilines is 1. The van der Waals surface area contributed by atoms with Crippen LogP contribution in [0.5, 0.6) is 5.75 Å². The van der Waals surface area contributed by atoms with Crippen LogP contribution in [0.4, 0.5) is 5.82 Å². The summed E-state index contributed by atoms with van der Waals surface area (Å²) in [4.78, 5) is 16.0. The fraction of sp³-hybridized carbons (Fsp3) is 0.143. The third kappa shape index (κ3) is 4.20. The first-order valence-electron chi connectivity index (χ1n) is 5.76. The number of carbonyl (C=O) groups is 1. The first-order valence-corrected chi connectivity index (χ1v) is 6.84. The Morgan fingerprint density at radius 3 is 2.68 bits per heavy atom. The Balaban J connectivity index is 1.89. The number of nitrogens with zero attached hydrogens (tertiary/aromatic N) is 1. The third-order valence-electron chi connectivity index (χ3n) is 2.40. The third-order valence-corrected chi connectivity index (χ3v) is 3.54. The number of benzene rings is 1. The first-order chi connectivity index (χ1) is 9.15. The van der Waals surface area contributed by atoms with Crippen molar-refractivity contribution in [2.45, 2.75) is 6.92 Å². The fourth-order valence-electron chi connectivity index (χ4n) is 1.46. The van der Waals surface area contributed by atoms with E-state index in [0.717, 1.165) is 9.26 Å². The van der Waals surface area contributed by atoms with Crippen LogP contribution in [-0.4, -0.2) is 17.5 Å². The maximum absolute atomic E-state index is 11.7. The van der Waals surface area contributed by atoms with Crippen LogP contribution in [0.3, 0.4) is 0 Å². The van der Waals surface area contributed by atoms with Gasteiger partial charge in [0, 0.05) is 3.57 Å². The van der Waals surface area contributed by atoms with Gasteiger partial charge in [0.2, 0.25) is 0 Å². The lowest BCUT2D eigenvalue weighted by atomic mass is 10.3. The number of hydrogen-bond acceptors (Lipinski definition) is 3.